The van der Waals surface area contributed by atoms with Crippen LogP contribution in [0.15, 0.2) is 35.3 Å². The minimum atomic E-state index is 0.0988. The molecule has 0 aliphatic carbocycles. The predicted octanol–water partition coefficient (Wildman–Crippen LogP) is 1.90. The van der Waals surface area contributed by atoms with Crippen LogP contribution < -0.4 is 0 Å². The molecule has 17 heavy (non-hydrogen) atoms. The Kier molecular flexibility index (Phi) is 4.17. The lowest BCUT2D eigenvalue weighted by Gasteiger charge is -2.14. The van der Waals surface area contributed by atoms with Crippen LogP contribution in [-0.2, 0) is 9.53 Å². The highest BCUT2D eigenvalue weighted by atomic mass is 32.2. The molecule has 1 aliphatic heterocycles. The Morgan fingerprint density at radius 3 is 2.88 bits per heavy atom. The third kappa shape index (κ3) is 3.08. The first kappa shape index (κ1) is 12.1. The molecule has 0 radical (unpaired) electrons. The van der Waals surface area contributed by atoms with Crippen LogP contribution in [0.2, 0.25) is 0 Å². The molecule has 4 nitrogen and oxygen atoms in total. The molecule has 5 heteroatoms. The fourth-order valence-electron chi connectivity index (χ4n) is 1.50. The standard InChI is InChI=1S/C12H14N2O2S/c1-16-8-7-14-11(15)9-17-12(14)13-10-5-3-2-4-6-10/h2-6H,7-9H2,1H3. The third-order valence-corrected chi connectivity index (χ3v) is 3.32. The summed E-state index contributed by atoms with van der Waals surface area (Å²) in [6.45, 7) is 1.09. The molecule has 1 aliphatic rings. The highest BCUT2D eigenvalue weighted by molar-refractivity contribution is 8.15. The second-order valence-electron chi connectivity index (χ2n) is 3.56. The van der Waals surface area contributed by atoms with Crippen LogP contribution >= 0.6 is 11.8 Å². The SMILES string of the molecule is COCCN1C(=O)CSC1=Nc1ccccc1. The summed E-state index contributed by atoms with van der Waals surface area (Å²) in [5.41, 5.74) is 0.868. The van der Waals surface area contributed by atoms with Crippen LogP contribution in [0.4, 0.5) is 5.69 Å². The van der Waals surface area contributed by atoms with Crippen molar-refractivity contribution in [2.24, 2.45) is 4.99 Å². The quantitative estimate of drug-likeness (QED) is 0.819. The van der Waals surface area contributed by atoms with E-state index in [0.717, 1.165) is 10.9 Å². The maximum absolute atomic E-state index is 11.6. The number of para-hydroxylation sites is 1. The van der Waals surface area contributed by atoms with Gasteiger partial charge in [-0.15, -0.1) is 0 Å². The minimum Gasteiger partial charge on any atom is -0.383 e. The van der Waals surface area contributed by atoms with E-state index >= 15 is 0 Å². The van der Waals surface area contributed by atoms with Crippen LogP contribution in [0.3, 0.4) is 0 Å². The summed E-state index contributed by atoms with van der Waals surface area (Å²) in [5, 5.41) is 0.762. The van der Waals surface area contributed by atoms with Gasteiger partial charge in [-0.25, -0.2) is 4.99 Å². The highest BCUT2D eigenvalue weighted by Gasteiger charge is 2.27. The highest BCUT2D eigenvalue weighted by Crippen LogP contribution is 2.23. The fraction of sp³-hybridized carbons (Fsp3) is 0.333. The lowest BCUT2D eigenvalue weighted by atomic mass is 10.3. The van der Waals surface area contributed by atoms with Crippen LogP contribution in [0.5, 0.6) is 0 Å². The molecule has 0 spiro atoms. The van der Waals surface area contributed by atoms with Crippen LogP contribution in [0.1, 0.15) is 0 Å². The zero-order chi connectivity index (χ0) is 12.1. The number of methoxy groups -OCH3 is 1. The molecule has 0 unspecified atom stereocenters. The molecule has 0 atom stereocenters. The van der Waals surface area contributed by atoms with Gasteiger partial charge in [0.15, 0.2) is 5.17 Å². The molecule has 0 N–H and O–H groups in total. The van der Waals surface area contributed by atoms with Gasteiger partial charge >= 0.3 is 0 Å². The van der Waals surface area contributed by atoms with Crippen molar-refractivity contribution in [1.82, 2.24) is 4.90 Å². The number of carbonyl (C=O) groups excluding carboxylic acids is 1. The van der Waals surface area contributed by atoms with E-state index in [4.69, 9.17) is 4.74 Å². The van der Waals surface area contributed by atoms with E-state index in [1.54, 1.807) is 12.0 Å². The topological polar surface area (TPSA) is 41.9 Å². The average Bonchev–Trinajstić information content (AvgIpc) is 2.69. The molecule has 1 saturated heterocycles. The predicted molar refractivity (Wildman–Crippen MR) is 69.6 cm³/mol. The van der Waals surface area contributed by atoms with E-state index in [9.17, 15) is 4.79 Å². The normalized spacial score (nSPS) is 18.1. The summed E-state index contributed by atoms with van der Waals surface area (Å²) in [6, 6.07) is 9.65. The number of rotatable bonds is 4. The maximum atomic E-state index is 11.6. The second kappa shape index (κ2) is 5.84. The summed E-state index contributed by atoms with van der Waals surface area (Å²) >= 11 is 1.47. The van der Waals surface area contributed by atoms with Crippen molar-refractivity contribution in [3.8, 4) is 0 Å². The summed E-state index contributed by atoms with van der Waals surface area (Å²) in [4.78, 5) is 17.8. The zero-order valence-electron chi connectivity index (χ0n) is 9.63. The Labute approximate surface area is 105 Å². The molecule has 0 saturated carbocycles. The lowest BCUT2D eigenvalue weighted by Crippen LogP contribution is -2.32. The van der Waals surface area contributed by atoms with Crippen LogP contribution in [0.25, 0.3) is 0 Å². The van der Waals surface area contributed by atoms with E-state index in [1.165, 1.54) is 11.8 Å². The van der Waals surface area contributed by atoms with Crippen molar-refractivity contribution in [2.75, 3.05) is 26.0 Å². The third-order valence-electron chi connectivity index (χ3n) is 2.36. The van der Waals surface area contributed by atoms with Gasteiger partial charge in [-0.2, -0.15) is 0 Å². The van der Waals surface area contributed by atoms with Crippen molar-refractivity contribution < 1.29 is 9.53 Å². The van der Waals surface area contributed by atoms with Gasteiger partial charge in [0.1, 0.15) is 0 Å². The van der Waals surface area contributed by atoms with Gasteiger partial charge in [-0.05, 0) is 12.1 Å². The largest absolute Gasteiger partial charge is 0.383 e. The van der Waals surface area contributed by atoms with Crippen molar-refractivity contribution >= 4 is 28.5 Å². The number of amidine groups is 1. The fourth-order valence-corrected chi connectivity index (χ4v) is 2.42. The van der Waals surface area contributed by atoms with Gasteiger partial charge in [0.25, 0.3) is 0 Å². The molecule has 2 rings (SSSR count). The number of hydrogen-bond acceptors (Lipinski definition) is 4. The first-order valence-electron chi connectivity index (χ1n) is 5.37. The van der Waals surface area contributed by atoms with Crippen LogP contribution in [0, 0.1) is 0 Å². The van der Waals surface area contributed by atoms with E-state index < -0.39 is 0 Å². The minimum absolute atomic E-state index is 0.0988. The number of thioether (sulfide) groups is 1. The van der Waals surface area contributed by atoms with E-state index in [2.05, 4.69) is 4.99 Å². The lowest BCUT2D eigenvalue weighted by molar-refractivity contribution is -0.124. The number of nitrogens with zero attached hydrogens (tertiary/aromatic N) is 2. The van der Waals surface area contributed by atoms with Gasteiger partial charge in [-0.3, -0.25) is 9.69 Å². The van der Waals surface area contributed by atoms with Crippen molar-refractivity contribution in [3.05, 3.63) is 30.3 Å². The van der Waals surface area contributed by atoms with Gasteiger partial charge < -0.3 is 4.74 Å². The van der Waals surface area contributed by atoms with Gasteiger partial charge in [0, 0.05) is 7.11 Å². The Bertz CT molecular complexity index is 420. The van der Waals surface area contributed by atoms with Gasteiger partial charge in [0.2, 0.25) is 5.91 Å². The molecule has 1 aromatic rings. The number of amides is 1. The molecular weight excluding hydrogens is 236 g/mol. The van der Waals surface area contributed by atoms with Crippen molar-refractivity contribution in [1.29, 1.82) is 0 Å². The first-order valence-corrected chi connectivity index (χ1v) is 6.35. The summed E-state index contributed by atoms with van der Waals surface area (Å²) in [7, 11) is 1.63. The molecule has 1 fully saturated rings. The number of carbonyl (C=O) groups is 1. The summed E-state index contributed by atoms with van der Waals surface area (Å²) in [5.74, 6) is 0.566. The Balaban J connectivity index is 2.14. The van der Waals surface area contributed by atoms with Crippen molar-refractivity contribution in [3.63, 3.8) is 0 Å². The molecule has 1 heterocycles. The Morgan fingerprint density at radius 1 is 1.41 bits per heavy atom. The smallest absolute Gasteiger partial charge is 0.239 e. The Hall–Kier alpha value is -1.33. The number of aliphatic imine (C=N–C) groups is 1. The molecule has 1 amide bonds. The van der Waals surface area contributed by atoms with E-state index in [0.29, 0.717) is 18.9 Å². The van der Waals surface area contributed by atoms with E-state index in [-0.39, 0.29) is 5.91 Å². The number of benzene rings is 1. The maximum Gasteiger partial charge on any atom is 0.239 e. The monoisotopic (exact) mass is 250 g/mol. The molecule has 0 bridgehead atoms. The summed E-state index contributed by atoms with van der Waals surface area (Å²) in [6.07, 6.45) is 0. The van der Waals surface area contributed by atoms with Crippen LogP contribution in [-0.4, -0.2) is 42.0 Å². The number of ether oxygens (including phenoxy) is 1. The van der Waals surface area contributed by atoms with Gasteiger partial charge in [-0.1, -0.05) is 30.0 Å². The van der Waals surface area contributed by atoms with E-state index in [1.807, 2.05) is 30.3 Å². The first-order chi connectivity index (χ1) is 8.31. The van der Waals surface area contributed by atoms with Crippen molar-refractivity contribution in [2.45, 2.75) is 0 Å². The molecule has 1 aromatic carbocycles. The molecule has 90 valence electrons. The molecular formula is C12H14N2O2S. The second-order valence-corrected chi connectivity index (χ2v) is 4.50. The van der Waals surface area contributed by atoms with Gasteiger partial charge in [0.05, 0.1) is 24.6 Å². The Morgan fingerprint density at radius 2 is 2.18 bits per heavy atom. The average molecular weight is 250 g/mol. The summed E-state index contributed by atoms with van der Waals surface area (Å²) < 4.78 is 4.99. The molecule has 0 aromatic heterocycles. The zero-order valence-corrected chi connectivity index (χ0v) is 10.4. The number of hydrogen-bond donors (Lipinski definition) is 0.